The molecule has 0 spiro atoms. The molecule has 1 unspecified atom stereocenters. The van der Waals surface area contributed by atoms with Crippen molar-refractivity contribution in [1.82, 2.24) is 5.32 Å². The second-order valence-electron chi connectivity index (χ2n) is 4.04. The third-order valence-electron chi connectivity index (χ3n) is 2.70. The normalized spacial score (nSPS) is 17.9. The molecule has 1 heterocycles. The van der Waals surface area contributed by atoms with Crippen LogP contribution < -0.4 is 15.4 Å². The Morgan fingerprint density at radius 2 is 2.26 bits per heavy atom. The van der Waals surface area contributed by atoms with Crippen LogP contribution in [0.2, 0.25) is 0 Å². The first-order valence-electron chi connectivity index (χ1n) is 5.74. The number of hydrogen-bond donors (Lipinski definition) is 2. The van der Waals surface area contributed by atoms with Crippen molar-refractivity contribution < 1.29 is 18.3 Å². The van der Waals surface area contributed by atoms with Crippen LogP contribution in [0.1, 0.15) is 12.8 Å². The molecule has 2 rings (SSSR count). The van der Waals surface area contributed by atoms with Gasteiger partial charge in [-0.15, -0.1) is 12.4 Å². The molecule has 0 aliphatic carbocycles. The maximum Gasteiger partial charge on any atom is 0.387 e. The fraction of sp³-hybridized carbons (Fsp3) is 0.417. The first-order chi connectivity index (χ1) is 8.65. The predicted octanol–water partition coefficient (Wildman–Crippen LogP) is 2.40. The van der Waals surface area contributed by atoms with Crippen molar-refractivity contribution in [3.63, 3.8) is 0 Å². The monoisotopic (exact) mass is 292 g/mol. The summed E-state index contributed by atoms with van der Waals surface area (Å²) >= 11 is 0. The predicted molar refractivity (Wildman–Crippen MR) is 70.0 cm³/mol. The molecule has 1 saturated heterocycles. The number of anilines is 1. The first-order valence-corrected chi connectivity index (χ1v) is 5.74. The van der Waals surface area contributed by atoms with Gasteiger partial charge in [-0.1, -0.05) is 6.07 Å². The van der Waals surface area contributed by atoms with E-state index >= 15 is 0 Å². The summed E-state index contributed by atoms with van der Waals surface area (Å²) < 4.78 is 28.3. The summed E-state index contributed by atoms with van der Waals surface area (Å²) in [5, 5.41) is 5.73. The summed E-state index contributed by atoms with van der Waals surface area (Å²) in [6, 6.07) is 5.76. The van der Waals surface area contributed by atoms with Crippen LogP contribution >= 0.6 is 12.4 Å². The molecule has 4 nitrogen and oxygen atoms in total. The molecule has 1 aromatic carbocycles. The fourth-order valence-electron chi connectivity index (χ4n) is 1.89. The quantitative estimate of drug-likeness (QED) is 0.896. The van der Waals surface area contributed by atoms with Gasteiger partial charge in [0.15, 0.2) is 0 Å². The lowest BCUT2D eigenvalue weighted by Gasteiger charge is -2.12. The van der Waals surface area contributed by atoms with Gasteiger partial charge in [-0.3, -0.25) is 4.79 Å². The van der Waals surface area contributed by atoms with E-state index in [1.165, 1.54) is 12.1 Å². The van der Waals surface area contributed by atoms with Gasteiger partial charge in [-0.05, 0) is 31.5 Å². The minimum Gasteiger partial charge on any atom is -0.435 e. The van der Waals surface area contributed by atoms with Crippen LogP contribution in [-0.2, 0) is 4.79 Å². The smallest absolute Gasteiger partial charge is 0.387 e. The summed E-state index contributed by atoms with van der Waals surface area (Å²) in [5.41, 5.74) is 0.451. The van der Waals surface area contributed by atoms with Crippen LogP contribution in [0.25, 0.3) is 0 Å². The largest absolute Gasteiger partial charge is 0.435 e. The molecule has 0 radical (unpaired) electrons. The Kier molecular flexibility index (Phi) is 5.98. The number of alkyl halides is 2. The molecule has 0 aromatic heterocycles. The third-order valence-corrected chi connectivity index (χ3v) is 2.70. The fourth-order valence-corrected chi connectivity index (χ4v) is 1.89. The number of nitrogens with one attached hydrogen (secondary N) is 2. The van der Waals surface area contributed by atoms with E-state index in [1.807, 2.05) is 0 Å². The number of carbonyl (C=O) groups is 1. The van der Waals surface area contributed by atoms with E-state index in [9.17, 15) is 13.6 Å². The average molecular weight is 293 g/mol. The molecule has 106 valence electrons. The SMILES string of the molecule is Cl.O=C(Nc1cccc(OC(F)F)c1)C1CCCN1. The molecule has 1 aliphatic heterocycles. The van der Waals surface area contributed by atoms with E-state index in [0.29, 0.717) is 5.69 Å². The van der Waals surface area contributed by atoms with E-state index in [1.54, 1.807) is 12.1 Å². The Hall–Kier alpha value is -1.40. The highest BCUT2D eigenvalue weighted by Crippen LogP contribution is 2.20. The van der Waals surface area contributed by atoms with E-state index < -0.39 is 6.61 Å². The van der Waals surface area contributed by atoms with Crippen molar-refractivity contribution in [3.05, 3.63) is 24.3 Å². The van der Waals surface area contributed by atoms with E-state index in [0.717, 1.165) is 19.4 Å². The number of rotatable bonds is 4. The molecule has 1 amide bonds. The van der Waals surface area contributed by atoms with Crippen molar-refractivity contribution >= 4 is 24.0 Å². The van der Waals surface area contributed by atoms with Gasteiger partial charge in [0.1, 0.15) is 5.75 Å². The standard InChI is InChI=1S/C12H14F2N2O2.ClH/c13-12(14)18-9-4-1-3-8(7-9)16-11(17)10-5-2-6-15-10;/h1,3-4,7,10,12,15H,2,5-6H2,(H,16,17);1H. The Bertz CT molecular complexity index is 426. The van der Waals surface area contributed by atoms with E-state index in [2.05, 4.69) is 15.4 Å². The summed E-state index contributed by atoms with van der Waals surface area (Å²) in [7, 11) is 0. The van der Waals surface area contributed by atoms with Gasteiger partial charge in [0.05, 0.1) is 6.04 Å². The number of benzene rings is 1. The molecule has 2 N–H and O–H groups in total. The summed E-state index contributed by atoms with van der Waals surface area (Å²) in [5.74, 6) is -0.121. The molecular formula is C12H15ClF2N2O2. The van der Waals surface area contributed by atoms with Crippen molar-refractivity contribution in [2.24, 2.45) is 0 Å². The third kappa shape index (κ3) is 4.65. The van der Waals surface area contributed by atoms with Gasteiger partial charge in [0.2, 0.25) is 5.91 Å². The molecule has 1 aromatic rings. The van der Waals surface area contributed by atoms with Gasteiger partial charge in [0.25, 0.3) is 0 Å². The Morgan fingerprint density at radius 1 is 1.47 bits per heavy atom. The maximum atomic E-state index is 12.0. The highest BCUT2D eigenvalue weighted by Gasteiger charge is 2.21. The summed E-state index contributed by atoms with van der Waals surface area (Å²) in [6.45, 7) is -2.04. The lowest BCUT2D eigenvalue weighted by molar-refractivity contribution is -0.117. The molecule has 1 fully saturated rings. The van der Waals surface area contributed by atoms with Crippen molar-refractivity contribution in [1.29, 1.82) is 0 Å². The van der Waals surface area contributed by atoms with Crippen LogP contribution in [0, 0.1) is 0 Å². The molecule has 19 heavy (non-hydrogen) atoms. The van der Waals surface area contributed by atoms with E-state index in [-0.39, 0.29) is 30.1 Å². The number of hydrogen-bond acceptors (Lipinski definition) is 3. The van der Waals surface area contributed by atoms with Gasteiger partial charge in [-0.25, -0.2) is 0 Å². The zero-order valence-corrected chi connectivity index (χ0v) is 10.9. The van der Waals surface area contributed by atoms with E-state index in [4.69, 9.17) is 0 Å². The van der Waals surface area contributed by atoms with Crippen molar-refractivity contribution in [2.45, 2.75) is 25.5 Å². The van der Waals surface area contributed by atoms with Gasteiger partial charge in [-0.2, -0.15) is 8.78 Å². The molecule has 1 atom stereocenters. The molecule has 1 aliphatic rings. The number of halogens is 3. The second kappa shape index (κ2) is 7.25. The topological polar surface area (TPSA) is 50.4 Å². The van der Waals surface area contributed by atoms with Crippen LogP contribution in [0.5, 0.6) is 5.75 Å². The zero-order valence-electron chi connectivity index (χ0n) is 10.1. The molecular weight excluding hydrogens is 278 g/mol. The highest BCUT2D eigenvalue weighted by molar-refractivity contribution is 5.95. The van der Waals surface area contributed by atoms with Crippen LogP contribution in [0.15, 0.2) is 24.3 Å². The second-order valence-corrected chi connectivity index (χ2v) is 4.04. The highest BCUT2D eigenvalue weighted by atomic mass is 35.5. The summed E-state index contributed by atoms with van der Waals surface area (Å²) in [4.78, 5) is 11.8. The minimum atomic E-state index is -2.87. The van der Waals surface area contributed by atoms with Gasteiger partial charge in [0, 0.05) is 11.8 Å². The maximum absolute atomic E-state index is 12.0. The van der Waals surface area contributed by atoms with Crippen molar-refractivity contribution in [3.8, 4) is 5.75 Å². The van der Waals surface area contributed by atoms with Crippen molar-refractivity contribution in [2.75, 3.05) is 11.9 Å². The van der Waals surface area contributed by atoms with Crippen LogP contribution in [-0.4, -0.2) is 25.1 Å². The number of amides is 1. The Labute approximate surface area is 115 Å². The average Bonchev–Trinajstić information content (AvgIpc) is 2.81. The number of ether oxygens (including phenoxy) is 1. The van der Waals surface area contributed by atoms with Gasteiger partial charge < -0.3 is 15.4 Å². The molecule has 0 saturated carbocycles. The van der Waals surface area contributed by atoms with Crippen LogP contribution in [0.3, 0.4) is 0 Å². The zero-order chi connectivity index (χ0) is 13.0. The number of carbonyl (C=O) groups excluding carboxylic acids is 1. The molecule has 0 bridgehead atoms. The Balaban J connectivity index is 0.00000180. The Morgan fingerprint density at radius 3 is 2.89 bits per heavy atom. The molecule has 7 heteroatoms. The first kappa shape index (κ1) is 15.7. The van der Waals surface area contributed by atoms with Crippen LogP contribution in [0.4, 0.5) is 14.5 Å². The lowest BCUT2D eigenvalue weighted by atomic mass is 10.2. The van der Waals surface area contributed by atoms with Gasteiger partial charge >= 0.3 is 6.61 Å². The lowest BCUT2D eigenvalue weighted by Crippen LogP contribution is -2.35. The minimum absolute atomic E-state index is 0. The summed E-state index contributed by atoms with van der Waals surface area (Å²) in [6.07, 6.45) is 1.76.